The lowest BCUT2D eigenvalue weighted by Crippen LogP contribution is -2.21. The molecule has 0 saturated carbocycles. The van der Waals surface area contributed by atoms with E-state index in [1.54, 1.807) is 12.1 Å². The average molecular weight is 219 g/mol. The van der Waals surface area contributed by atoms with Crippen LogP contribution < -0.4 is 5.32 Å². The van der Waals surface area contributed by atoms with Crippen molar-refractivity contribution >= 4 is 5.97 Å². The number of carboxylic acids is 1. The number of benzene rings is 1. The van der Waals surface area contributed by atoms with E-state index in [4.69, 9.17) is 5.11 Å². The minimum absolute atomic E-state index is 0.364. The fourth-order valence-corrected chi connectivity index (χ4v) is 2.16. The SMILES string of the molecule is O=C(O)c1ccc(CCC2CCCN2)cc1. The van der Waals surface area contributed by atoms with Crippen molar-refractivity contribution in [3.05, 3.63) is 35.4 Å². The first-order chi connectivity index (χ1) is 7.75. The van der Waals surface area contributed by atoms with Crippen molar-refractivity contribution < 1.29 is 9.90 Å². The fourth-order valence-electron chi connectivity index (χ4n) is 2.16. The lowest BCUT2D eigenvalue weighted by Gasteiger charge is -2.09. The molecule has 1 atom stereocenters. The van der Waals surface area contributed by atoms with Gasteiger partial charge in [0, 0.05) is 6.04 Å². The van der Waals surface area contributed by atoms with Gasteiger partial charge in [-0.05, 0) is 49.9 Å². The van der Waals surface area contributed by atoms with E-state index in [9.17, 15) is 4.79 Å². The molecule has 0 aromatic heterocycles. The number of aromatic carboxylic acids is 1. The highest BCUT2D eigenvalue weighted by Gasteiger charge is 2.13. The van der Waals surface area contributed by atoms with E-state index in [2.05, 4.69) is 5.32 Å². The van der Waals surface area contributed by atoms with Crippen LogP contribution in [0.25, 0.3) is 0 Å². The van der Waals surface area contributed by atoms with Crippen molar-refractivity contribution in [3.63, 3.8) is 0 Å². The largest absolute Gasteiger partial charge is 0.478 e. The summed E-state index contributed by atoms with van der Waals surface area (Å²) in [5.74, 6) is -0.857. The third kappa shape index (κ3) is 2.83. The molecule has 0 spiro atoms. The van der Waals surface area contributed by atoms with Crippen LogP contribution in [0.3, 0.4) is 0 Å². The van der Waals surface area contributed by atoms with E-state index >= 15 is 0 Å². The topological polar surface area (TPSA) is 49.3 Å². The molecular formula is C13H17NO2. The maximum absolute atomic E-state index is 10.7. The fraction of sp³-hybridized carbons (Fsp3) is 0.462. The molecule has 1 unspecified atom stereocenters. The van der Waals surface area contributed by atoms with Gasteiger partial charge in [-0.15, -0.1) is 0 Å². The normalized spacial score (nSPS) is 19.9. The molecule has 3 nitrogen and oxygen atoms in total. The third-order valence-electron chi connectivity index (χ3n) is 3.14. The summed E-state index contributed by atoms with van der Waals surface area (Å²) in [4.78, 5) is 10.7. The van der Waals surface area contributed by atoms with Gasteiger partial charge in [0.15, 0.2) is 0 Å². The molecule has 86 valence electrons. The summed E-state index contributed by atoms with van der Waals surface area (Å²) in [6.45, 7) is 1.14. The number of hydrogen-bond donors (Lipinski definition) is 2. The predicted octanol–water partition coefficient (Wildman–Crippen LogP) is 2.07. The predicted molar refractivity (Wildman–Crippen MR) is 62.7 cm³/mol. The van der Waals surface area contributed by atoms with Crippen molar-refractivity contribution in [2.24, 2.45) is 0 Å². The van der Waals surface area contributed by atoms with E-state index < -0.39 is 5.97 Å². The van der Waals surface area contributed by atoms with E-state index in [1.165, 1.54) is 18.4 Å². The highest BCUT2D eigenvalue weighted by Crippen LogP contribution is 2.13. The Labute approximate surface area is 95.5 Å². The van der Waals surface area contributed by atoms with Crippen LogP contribution in [0.5, 0.6) is 0 Å². The summed E-state index contributed by atoms with van der Waals surface area (Å²) in [5.41, 5.74) is 1.58. The van der Waals surface area contributed by atoms with Gasteiger partial charge in [0.1, 0.15) is 0 Å². The Bertz CT molecular complexity index is 353. The van der Waals surface area contributed by atoms with Crippen LogP contribution >= 0.6 is 0 Å². The van der Waals surface area contributed by atoms with Gasteiger partial charge in [-0.3, -0.25) is 0 Å². The molecule has 1 saturated heterocycles. The molecule has 1 aliphatic heterocycles. The van der Waals surface area contributed by atoms with Gasteiger partial charge in [0.2, 0.25) is 0 Å². The highest BCUT2D eigenvalue weighted by molar-refractivity contribution is 5.87. The Hall–Kier alpha value is -1.35. The zero-order valence-electron chi connectivity index (χ0n) is 9.28. The van der Waals surface area contributed by atoms with Crippen molar-refractivity contribution in [1.82, 2.24) is 5.32 Å². The number of rotatable bonds is 4. The van der Waals surface area contributed by atoms with Gasteiger partial charge in [-0.1, -0.05) is 12.1 Å². The van der Waals surface area contributed by atoms with Gasteiger partial charge in [-0.25, -0.2) is 4.79 Å². The Balaban J connectivity index is 1.87. The van der Waals surface area contributed by atoms with Gasteiger partial charge in [0.05, 0.1) is 5.56 Å². The minimum atomic E-state index is -0.857. The summed E-state index contributed by atoms with van der Waals surface area (Å²) in [5, 5.41) is 12.2. The van der Waals surface area contributed by atoms with E-state index in [-0.39, 0.29) is 0 Å². The standard InChI is InChI=1S/C13H17NO2/c15-13(16)11-6-3-10(4-7-11)5-8-12-2-1-9-14-12/h3-4,6-7,12,14H,1-2,5,8-9H2,(H,15,16). The lowest BCUT2D eigenvalue weighted by atomic mass is 10.0. The molecule has 0 bridgehead atoms. The average Bonchev–Trinajstić information content (AvgIpc) is 2.80. The van der Waals surface area contributed by atoms with Crippen LogP contribution in [0.2, 0.25) is 0 Å². The van der Waals surface area contributed by atoms with Crippen molar-refractivity contribution in [2.75, 3.05) is 6.54 Å². The molecule has 3 heteroatoms. The summed E-state index contributed by atoms with van der Waals surface area (Å²) < 4.78 is 0. The van der Waals surface area contributed by atoms with Gasteiger partial charge >= 0.3 is 5.97 Å². The van der Waals surface area contributed by atoms with E-state index in [0.29, 0.717) is 11.6 Å². The van der Waals surface area contributed by atoms with Crippen LogP contribution in [0, 0.1) is 0 Å². The minimum Gasteiger partial charge on any atom is -0.478 e. The quantitative estimate of drug-likeness (QED) is 0.815. The highest BCUT2D eigenvalue weighted by atomic mass is 16.4. The first-order valence-corrected chi connectivity index (χ1v) is 5.81. The Morgan fingerprint density at radius 1 is 1.38 bits per heavy atom. The first-order valence-electron chi connectivity index (χ1n) is 5.81. The van der Waals surface area contributed by atoms with Crippen LogP contribution in [0.4, 0.5) is 0 Å². The Morgan fingerprint density at radius 3 is 2.69 bits per heavy atom. The van der Waals surface area contributed by atoms with Gasteiger partial charge in [-0.2, -0.15) is 0 Å². The van der Waals surface area contributed by atoms with E-state index in [0.717, 1.165) is 19.4 Å². The number of carboxylic acid groups (broad SMARTS) is 1. The maximum atomic E-state index is 10.7. The molecule has 0 amide bonds. The summed E-state index contributed by atoms with van der Waals surface area (Å²) in [6.07, 6.45) is 4.72. The summed E-state index contributed by atoms with van der Waals surface area (Å²) >= 11 is 0. The second kappa shape index (κ2) is 5.12. The molecule has 16 heavy (non-hydrogen) atoms. The summed E-state index contributed by atoms with van der Waals surface area (Å²) in [6, 6.07) is 7.84. The molecule has 1 heterocycles. The Morgan fingerprint density at radius 2 is 2.12 bits per heavy atom. The van der Waals surface area contributed by atoms with Crippen molar-refractivity contribution in [2.45, 2.75) is 31.7 Å². The molecule has 0 aliphatic carbocycles. The molecule has 2 rings (SSSR count). The maximum Gasteiger partial charge on any atom is 0.335 e. The zero-order valence-corrected chi connectivity index (χ0v) is 9.28. The second-order valence-corrected chi connectivity index (χ2v) is 4.33. The monoisotopic (exact) mass is 219 g/mol. The molecular weight excluding hydrogens is 202 g/mol. The molecule has 1 fully saturated rings. The van der Waals surface area contributed by atoms with Gasteiger partial charge < -0.3 is 10.4 Å². The molecule has 0 radical (unpaired) electrons. The summed E-state index contributed by atoms with van der Waals surface area (Å²) in [7, 11) is 0. The van der Waals surface area contributed by atoms with Crippen molar-refractivity contribution in [3.8, 4) is 0 Å². The van der Waals surface area contributed by atoms with Crippen LogP contribution in [-0.4, -0.2) is 23.7 Å². The van der Waals surface area contributed by atoms with E-state index in [1.807, 2.05) is 12.1 Å². The first kappa shape index (κ1) is 11.1. The number of aryl methyl sites for hydroxylation is 1. The Kier molecular flexibility index (Phi) is 3.57. The number of nitrogens with one attached hydrogen (secondary N) is 1. The zero-order chi connectivity index (χ0) is 11.4. The molecule has 1 aliphatic rings. The smallest absolute Gasteiger partial charge is 0.335 e. The van der Waals surface area contributed by atoms with Crippen molar-refractivity contribution in [1.29, 1.82) is 0 Å². The van der Waals surface area contributed by atoms with Crippen LogP contribution in [0.1, 0.15) is 35.2 Å². The third-order valence-corrected chi connectivity index (χ3v) is 3.14. The molecule has 1 aromatic rings. The molecule has 1 aromatic carbocycles. The number of hydrogen-bond acceptors (Lipinski definition) is 2. The van der Waals surface area contributed by atoms with Crippen LogP contribution in [-0.2, 0) is 6.42 Å². The molecule has 2 N–H and O–H groups in total. The van der Waals surface area contributed by atoms with Gasteiger partial charge in [0.25, 0.3) is 0 Å². The lowest BCUT2D eigenvalue weighted by molar-refractivity contribution is 0.0697. The number of carbonyl (C=O) groups is 1. The van der Waals surface area contributed by atoms with Crippen LogP contribution in [0.15, 0.2) is 24.3 Å². The second-order valence-electron chi connectivity index (χ2n) is 4.33.